The van der Waals surface area contributed by atoms with E-state index in [4.69, 9.17) is 19.9 Å². The van der Waals surface area contributed by atoms with Gasteiger partial charge < -0.3 is 25.3 Å². The largest absolute Gasteiger partial charge is 0.493 e. The summed E-state index contributed by atoms with van der Waals surface area (Å²) >= 11 is 0. The summed E-state index contributed by atoms with van der Waals surface area (Å²) in [5.41, 5.74) is 9.86. The molecule has 0 atom stereocenters. The van der Waals surface area contributed by atoms with E-state index in [9.17, 15) is 4.79 Å². The van der Waals surface area contributed by atoms with Gasteiger partial charge in [0.15, 0.2) is 11.5 Å². The Balaban J connectivity index is 1.65. The lowest BCUT2D eigenvalue weighted by atomic mass is 10.1. The number of nitrogen functional groups attached to an aromatic ring is 1. The fourth-order valence-corrected chi connectivity index (χ4v) is 3.09. The number of nitrogens with two attached hydrogens (primary N) is 1. The molecule has 0 aliphatic carbocycles. The zero-order valence-corrected chi connectivity index (χ0v) is 18.3. The fraction of sp³-hybridized carbons (Fsp3) is 0.115. The van der Waals surface area contributed by atoms with Crippen molar-refractivity contribution in [2.24, 2.45) is 0 Å². The van der Waals surface area contributed by atoms with Gasteiger partial charge in [-0.2, -0.15) is 0 Å². The van der Waals surface area contributed by atoms with Gasteiger partial charge in [-0.3, -0.25) is 4.79 Å². The predicted molar refractivity (Wildman–Crippen MR) is 130 cm³/mol. The monoisotopic (exact) mass is 430 g/mol. The van der Waals surface area contributed by atoms with Gasteiger partial charge in [-0.15, -0.1) is 0 Å². The number of nitrogens with one attached hydrogen (secondary N) is 1. The van der Waals surface area contributed by atoms with Crippen LogP contribution in [0.3, 0.4) is 0 Å². The molecular formula is C26H26N2O4. The quantitative estimate of drug-likeness (QED) is 0.295. The van der Waals surface area contributed by atoms with E-state index in [1.807, 2.05) is 60.7 Å². The second-order valence-electron chi connectivity index (χ2n) is 6.91. The summed E-state index contributed by atoms with van der Waals surface area (Å²) in [4.78, 5) is 12.2. The molecule has 0 fully saturated rings. The number of carbonyl (C=O) groups excluding carboxylic acids is 1. The number of carbonyl (C=O) groups is 1. The number of hydrogen-bond acceptors (Lipinski definition) is 5. The molecule has 6 nitrogen and oxygen atoms in total. The zero-order chi connectivity index (χ0) is 22.9. The maximum absolute atomic E-state index is 12.2. The molecule has 0 spiro atoms. The van der Waals surface area contributed by atoms with Gasteiger partial charge in [-0.05, 0) is 59.2 Å². The highest BCUT2D eigenvalue weighted by molar-refractivity contribution is 6.02. The molecule has 0 aromatic heterocycles. The maximum atomic E-state index is 12.2. The molecule has 164 valence electrons. The minimum atomic E-state index is -0.215. The lowest BCUT2D eigenvalue weighted by molar-refractivity contribution is -0.111. The summed E-state index contributed by atoms with van der Waals surface area (Å²) in [7, 11) is 4.74. The van der Waals surface area contributed by atoms with Crippen LogP contribution in [0.15, 0.2) is 66.7 Å². The lowest BCUT2D eigenvalue weighted by Crippen LogP contribution is -2.07. The van der Waals surface area contributed by atoms with E-state index in [2.05, 4.69) is 5.32 Å². The summed E-state index contributed by atoms with van der Waals surface area (Å²) in [5.74, 6) is 1.52. The summed E-state index contributed by atoms with van der Waals surface area (Å²) in [5, 5.41) is 2.84. The first-order valence-corrected chi connectivity index (χ1v) is 9.95. The third-order valence-corrected chi connectivity index (χ3v) is 4.67. The van der Waals surface area contributed by atoms with Crippen LogP contribution in [0, 0.1) is 0 Å². The van der Waals surface area contributed by atoms with Gasteiger partial charge in [0, 0.05) is 17.5 Å². The molecule has 0 saturated heterocycles. The number of amides is 1. The normalized spacial score (nSPS) is 11.0. The molecule has 32 heavy (non-hydrogen) atoms. The predicted octanol–water partition coefficient (Wildman–Crippen LogP) is 5.12. The topological polar surface area (TPSA) is 82.8 Å². The molecule has 3 aromatic carbocycles. The Morgan fingerprint density at radius 1 is 0.781 bits per heavy atom. The highest BCUT2D eigenvalue weighted by Gasteiger charge is 2.11. The lowest BCUT2D eigenvalue weighted by Gasteiger charge is -2.12. The minimum Gasteiger partial charge on any atom is -0.493 e. The first-order valence-electron chi connectivity index (χ1n) is 9.95. The van der Waals surface area contributed by atoms with Crippen LogP contribution < -0.4 is 25.3 Å². The second-order valence-corrected chi connectivity index (χ2v) is 6.91. The molecule has 0 unspecified atom stereocenters. The minimum absolute atomic E-state index is 0.215. The van der Waals surface area contributed by atoms with E-state index >= 15 is 0 Å². The molecular weight excluding hydrogens is 404 g/mol. The Morgan fingerprint density at radius 3 is 2.03 bits per heavy atom. The molecule has 0 aliphatic heterocycles. The van der Waals surface area contributed by atoms with E-state index in [-0.39, 0.29) is 5.91 Å². The fourth-order valence-electron chi connectivity index (χ4n) is 3.09. The van der Waals surface area contributed by atoms with Crippen LogP contribution in [0.4, 0.5) is 11.4 Å². The van der Waals surface area contributed by atoms with Crippen molar-refractivity contribution in [1.82, 2.24) is 0 Å². The van der Waals surface area contributed by atoms with Crippen molar-refractivity contribution in [3.63, 3.8) is 0 Å². The number of rotatable bonds is 8. The molecule has 6 heteroatoms. The first-order chi connectivity index (χ1) is 15.5. The van der Waals surface area contributed by atoms with E-state index in [1.165, 1.54) is 6.08 Å². The number of hydrogen-bond donors (Lipinski definition) is 2. The van der Waals surface area contributed by atoms with Crippen molar-refractivity contribution in [2.75, 3.05) is 32.4 Å². The number of anilines is 2. The number of methoxy groups -OCH3 is 3. The van der Waals surface area contributed by atoms with Gasteiger partial charge >= 0.3 is 0 Å². The molecule has 0 heterocycles. The molecule has 3 N–H and O–H groups in total. The van der Waals surface area contributed by atoms with Crippen molar-refractivity contribution in [3.8, 4) is 17.2 Å². The zero-order valence-electron chi connectivity index (χ0n) is 18.3. The van der Waals surface area contributed by atoms with Gasteiger partial charge in [0.05, 0.1) is 21.3 Å². The summed E-state index contributed by atoms with van der Waals surface area (Å²) in [6.07, 6.45) is 7.12. The van der Waals surface area contributed by atoms with Gasteiger partial charge in [0.2, 0.25) is 11.7 Å². The average Bonchev–Trinajstić information content (AvgIpc) is 2.81. The maximum Gasteiger partial charge on any atom is 0.248 e. The van der Waals surface area contributed by atoms with E-state index in [1.54, 1.807) is 39.5 Å². The molecule has 1 amide bonds. The van der Waals surface area contributed by atoms with Crippen LogP contribution in [0.2, 0.25) is 0 Å². The van der Waals surface area contributed by atoms with Gasteiger partial charge in [-0.25, -0.2) is 0 Å². The van der Waals surface area contributed by atoms with Crippen LogP contribution in [0.25, 0.3) is 18.2 Å². The molecule has 0 radical (unpaired) electrons. The molecule has 3 aromatic rings. The van der Waals surface area contributed by atoms with Crippen LogP contribution in [0.1, 0.15) is 16.7 Å². The van der Waals surface area contributed by atoms with Crippen LogP contribution >= 0.6 is 0 Å². The van der Waals surface area contributed by atoms with E-state index in [0.29, 0.717) is 28.6 Å². The van der Waals surface area contributed by atoms with Crippen LogP contribution in [0.5, 0.6) is 17.2 Å². The van der Waals surface area contributed by atoms with Crippen molar-refractivity contribution in [1.29, 1.82) is 0 Å². The standard InChI is InChI=1S/C26H26N2O4/c1-30-23-16-20(17-24(31-2)26(23)32-3)8-7-18-9-12-22(13-10-18)28-25(29)14-11-19-5-4-6-21(27)15-19/h4-17H,27H2,1-3H3,(H,28,29)/b8-7+,14-11+. The van der Waals surface area contributed by atoms with Crippen LogP contribution in [-0.2, 0) is 4.79 Å². The Hall–Kier alpha value is -4.19. The molecule has 0 aliphatic rings. The van der Waals surface area contributed by atoms with E-state index in [0.717, 1.165) is 16.7 Å². The van der Waals surface area contributed by atoms with E-state index < -0.39 is 0 Å². The number of benzene rings is 3. The van der Waals surface area contributed by atoms with Crippen molar-refractivity contribution >= 4 is 35.5 Å². The molecule has 3 rings (SSSR count). The smallest absolute Gasteiger partial charge is 0.248 e. The van der Waals surface area contributed by atoms with Gasteiger partial charge in [-0.1, -0.05) is 36.4 Å². The van der Waals surface area contributed by atoms with Crippen molar-refractivity contribution < 1.29 is 19.0 Å². The third kappa shape index (κ3) is 5.92. The van der Waals surface area contributed by atoms with Crippen LogP contribution in [-0.4, -0.2) is 27.2 Å². The van der Waals surface area contributed by atoms with Crippen molar-refractivity contribution in [3.05, 3.63) is 83.4 Å². The molecule has 0 saturated carbocycles. The number of ether oxygens (including phenoxy) is 3. The Morgan fingerprint density at radius 2 is 1.44 bits per heavy atom. The Labute approximate surface area is 187 Å². The Kier molecular flexibility index (Phi) is 7.54. The highest BCUT2D eigenvalue weighted by Crippen LogP contribution is 2.38. The first kappa shape index (κ1) is 22.5. The second kappa shape index (κ2) is 10.7. The Bertz CT molecular complexity index is 1110. The summed E-state index contributed by atoms with van der Waals surface area (Å²) in [6.45, 7) is 0. The highest BCUT2D eigenvalue weighted by atomic mass is 16.5. The van der Waals surface area contributed by atoms with Gasteiger partial charge in [0.1, 0.15) is 0 Å². The van der Waals surface area contributed by atoms with Gasteiger partial charge in [0.25, 0.3) is 0 Å². The third-order valence-electron chi connectivity index (χ3n) is 4.67. The van der Waals surface area contributed by atoms with Crippen molar-refractivity contribution in [2.45, 2.75) is 0 Å². The molecule has 0 bridgehead atoms. The summed E-state index contributed by atoms with van der Waals surface area (Å²) in [6, 6.07) is 18.6. The average molecular weight is 431 g/mol. The SMILES string of the molecule is COc1cc(/C=C/c2ccc(NC(=O)/C=C/c3cccc(N)c3)cc2)cc(OC)c1OC. The summed E-state index contributed by atoms with van der Waals surface area (Å²) < 4.78 is 16.1.